The van der Waals surface area contributed by atoms with Crippen LogP contribution >= 0.6 is 0 Å². The molecule has 18 heavy (non-hydrogen) atoms. The second-order valence-corrected chi connectivity index (χ2v) is 4.11. The Morgan fingerprint density at radius 2 is 2.22 bits per heavy atom. The van der Waals surface area contributed by atoms with Crippen LogP contribution in [-0.2, 0) is 11.2 Å². The van der Waals surface area contributed by atoms with Crippen LogP contribution in [0, 0.1) is 0 Å². The van der Waals surface area contributed by atoms with Crippen LogP contribution in [0.1, 0.15) is 12.5 Å². The molecule has 0 spiro atoms. The van der Waals surface area contributed by atoms with E-state index in [2.05, 4.69) is 22.6 Å². The van der Waals surface area contributed by atoms with Gasteiger partial charge in [-0.3, -0.25) is 5.32 Å². The number of hydrogen-bond donors (Lipinski definition) is 2. The van der Waals surface area contributed by atoms with Gasteiger partial charge in [-0.2, -0.15) is 0 Å². The summed E-state index contributed by atoms with van der Waals surface area (Å²) >= 11 is 0. The zero-order valence-electron chi connectivity index (χ0n) is 11.0. The van der Waals surface area contributed by atoms with Crippen molar-refractivity contribution in [2.75, 3.05) is 27.0 Å². The fourth-order valence-electron chi connectivity index (χ4n) is 1.96. The van der Waals surface area contributed by atoms with Gasteiger partial charge in [-0.15, -0.1) is 0 Å². The molecule has 0 radical (unpaired) electrons. The van der Waals surface area contributed by atoms with Gasteiger partial charge in [0.15, 0.2) is 0 Å². The summed E-state index contributed by atoms with van der Waals surface area (Å²) in [5, 5.41) is 4.48. The van der Waals surface area contributed by atoms with Gasteiger partial charge in [-0.25, -0.2) is 0 Å². The molecule has 2 rings (SSSR count). The Morgan fingerprint density at radius 3 is 3.00 bits per heavy atom. The van der Waals surface area contributed by atoms with Crippen LogP contribution in [0.3, 0.4) is 0 Å². The van der Waals surface area contributed by atoms with Crippen LogP contribution < -0.4 is 10.1 Å². The van der Waals surface area contributed by atoms with Gasteiger partial charge in [-0.1, -0.05) is 0 Å². The lowest BCUT2D eigenvalue weighted by Crippen LogP contribution is -2.20. The molecule has 0 aliphatic rings. The Bertz CT molecular complexity index is 493. The Labute approximate surface area is 107 Å². The van der Waals surface area contributed by atoms with E-state index in [1.807, 2.05) is 19.1 Å². The van der Waals surface area contributed by atoms with Crippen molar-refractivity contribution in [3.05, 3.63) is 30.0 Å². The first-order valence-electron chi connectivity index (χ1n) is 6.27. The minimum atomic E-state index is 0.613. The minimum Gasteiger partial charge on any atom is -0.497 e. The van der Waals surface area contributed by atoms with E-state index in [1.54, 1.807) is 7.11 Å². The number of ether oxygens (including phenoxy) is 2. The summed E-state index contributed by atoms with van der Waals surface area (Å²) in [5.74, 6) is 0.894. The Morgan fingerprint density at radius 1 is 1.33 bits per heavy atom. The average Bonchev–Trinajstić information content (AvgIpc) is 2.81. The average molecular weight is 248 g/mol. The first-order chi connectivity index (χ1) is 8.85. The normalized spacial score (nSPS) is 11.0. The molecule has 4 heteroatoms. The molecule has 0 aliphatic carbocycles. The van der Waals surface area contributed by atoms with Gasteiger partial charge in [0.1, 0.15) is 5.75 Å². The van der Waals surface area contributed by atoms with E-state index in [1.165, 1.54) is 10.9 Å². The molecule has 1 heterocycles. The first-order valence-corrected chi connectivity index (χ1v) is 6.27. The maximum absolute atomic E-state index is 5.25. The van der Waals surface area contributed by atoms with Crippen molar-refractivity contribution in [1.82, 2.24) is 10.3 Å². The smallest absolute Gasteiger partial charge is 0.119 e. The Kier molecular flexibility index (Phi) is 4.61. The van der Waals surface area contributed by atoms with Gasteiger partial charge >= 0.3 is 0 Å². The molecule has 0 atom stereocenters. The topological polar surface area (TPSA) is 46.3 Å². The number of hydrogen-bond acceptors (Lipinski definition) is 3. The number of aromatic nitrogens is 1. The number of fused-ring (bicyclic) bond motifs is 1. The van der Waals surface area contributed by atoms with Crippen LogP contribution in [0.4, 0.5) is 0 Å². The van der Waals surface area contributed by atoms with Crippen LogP contribution in [0.2, 0.25) is 0 Å². The number of rotatable bonds is 7. The third-order valence-corrected chi connectivity index (χ3v) is 2.95. The molecular formula is C14H20N2O2. The van der Waals surface area contributed by atoms with Gasteiger partial charge in [0, 0.05) is 30.3 Å². The van der Waals surface area contributed by atoms with Crippen LogP contribution in [-0.4, -0.2) is 32.0 Å². The molecule has 0 aliphatic heterocycles. The predicted octanol–water partition coefficient (Wildman–Crippen LogP) is 2.30. The lowest BCUT2D eigenvalue weighted by atomic mass is 10.1. The van der Waals surface area contributed by atoms with E-state index < -0.39 is 0 Å². The monoisotopic (exact) mass is 248 g/mol. The molecule has 0 unspecified atom stereocenters. The number of aromatic amines is 1. The Hall–Kier alpha value is -1.52. The summed E-state index contributed by atoms with van der Waals surface area (Å²) in [4.78, 5) is 3.28. The fraction of sp³-hybridized carbons (Fsp3) is 0.429. The molecule has 4 nitrogen and oxygen atoms in total. The van der Waals surface area contributed by atoms with E-state index >= 15 is 0 Å². The molecule has 0 saturated carbocycles. The highest BCUT2D eigenvalue weighted by Crippen LogP contribution is 2.23. The van der Waals surface area contributed by atoms with Gasteiger partial charge in [0.2, 0.25) is 0 Å². The lowest BCUT2D eigenvalue weighted by molar-refractivity contribution is 0.129. The predicted molar refractivity (Wildman–Crippen MR) is 73.1 cm³/mol. The van der Waals surface area contributed by atoms with E-state index in [9.17, 15) is 0 Å². The summed E-state index contributed by atoms with van der Waals surface area (Å²) < 4.78 is 10.5. The molecule has 98 valence electrons. The lowest BCUT2D eigenvalue weighted by Gasteiger charge is -2.04. The van der Waals surface area contributed by atoms with Gasteiger partial charge in [-0.05, 0) is 37.1 Å². The summed E-state index contributed by atoms with van der Waals surface area (Å²) in [7, 11) is 1.69. The van der Waals surface area contributed by atoms with E-state index in [4.69, 9.17) is 9.47 Å². The molecule has 0 saturated heterocycles. The van der Waals surface area contributed by atoms with Crippen molar-refractivity contribution in [3.8, 4) is 5.75 Å². The molecule has 2 N–H and O–H groups in total. The van der Waals surface area contributed by atoms with Crippen molar-refractivity contribution in [2.45, 2.75) is 13.3 Å². The number of H-pyrrole nitrogens is 1. The van der Waals surface area contributed by atoms with Crippen molar-refractivity contribution < 1.29 is 9.47 Å². The SMILES string of the molecule is CCOCNCCc1c[nH]c2ccc(OC)cc12. The van der Waals surface area contributed by atoms with E-state index in [0.717, 1.165) is 30.8 Å². The maximum Gasteiger partial charge on any atom is 0.119 e. The van der Waals surface area contributed by atoms with Crippen molar-refractivity contribution in [1.29, 1.82) is 0 Å². The standard InChI is InChI=1S/C14H20N2O2/c1-3-18-10-15-7-6-11-9-16-14-5-4-12(17-2)8-13(11)14/h4-5,8-9,15-16H,3,6-7,10H2,1-2H3. The van der Waals surface area contributed by atoms with Crippen LogP contribution in [0.5, 0.6) is 5.75 Å². The molecule has 0 amide bonds. The summed E-state index contributed by atoms with van der Waals surface area (Å²) in [6.45, 7) is 4.26. The van der Waals surface area contributed by atoms with Crippen LogP contribution in [0.25, 0.3) is 10.9 Å². The first kappa shape index (κ1) is 12.9. The molecule has 1 aromatic heterocycles. The largest absolute Gasteiger partial charge is 0.497 e. The highest BCUT2D eigenvalue weighted by atomic mass is 16.5. The number of nitrogens with one attached hydrogen (secondary N) is 2. The summed E-state index contributed by atoms with van der Waals surface area (Å²) in [5.41, 5.74) is 2.45. The minimum absolute atomic E-state index is 0.613. The molecular weight excluding hydrogens is 228 g/mol. The van der Waals surface area contributed by atoms with Crippen molar-refractivity contribution in [2.24, 2.45) is 0 Å². The second-order valence-electron chi connectivity index (χ2n) is 4.11. The van der Waals surface area contributed by atoms with Gasteiger partial charge in [0.25, 0.3) is 0 Å². The Balaban J connectivity index is 1.99. The molecule has 1 aromatic carbocycles. The van der Waals surface area contributed by atoms with Gasteiger partial charge < -0.3 is 14.5 Å². The third kappa shape index (κ3) is 3.03. The molecule has 0 fully saturated rings. The van der Waals surface area contributed by atoms with Crippen LogP contribution in [0.15, 0.2) is 24.4 Å². The fourth-order valence-corrected chi connectivity index (χ4v) is 1.96. The van der Waals surface area contributed by atoms with Gasteiger partial charge in [0.05, 0.1) is 13.8 Å². The quantitative estimate of drug-likeness (QED) is 0.584. The van der Waals surface area contributed by atoms with Crippen molar-refractivity contribution >= 4 is 10.9 Å². The third-order valence-electron chi connectivity index (χ3n) is 2.95. The highest BCUT2D eigenvalue weighted by molar-refractivity contribution is 5.84. The highest BCUT2D eigenvalue weighted by Gasteiger charge is 2.04. The summed E-state index contributed by atoms with van der Waals surface area (Å²) in [6, 6.07) is 6.09. The maximum atomic E-state index is 5.25. The van der Waals surface area contributed by atoms with Crippen molar-refractivity contribution in [3.63, 3.8) is 0 Å². The summed E-state index contributed by atoms with van der Waals surface area (Å²) in [6.07, 6.45) is 3.03. The zero-order valence-corrected chi connectivity index (χ0v) is 11.0. The number of methoxy groups -OCH3 is 1. The zero-order chi connectivity index (χ0) is 12.8. The number of benzene rings is 1. The molecule has 2 aromatic rings. The second kappa shape index (κ2) is 6.42. The molecule has 0 bridgehead atoms. The van der Waals surface area contributed by atoms with E-state index in [-0.39, 0.29) is 0 Å². The van der Waals surface area contributed by atoms with E-state index in [0.29, 0.717) is 6.73 Å².